The van der Waals surface area contributed by atoms with Crippen LogP contribution in [0, 0.1) is 5.92 Å². The molecule has 2 aromatic heterocycles. The van der Waals surface area contributed by atoms with Gasteiger partial charge in [-0.05, 0) is 36.1 Å². The van der Waals surface area contributed by atoms with Gasteiger partial charge in [-0.15, -0.1) is 0 Å². The van der Waals surface area contributed by atoms with Crippen LogP contribution < -0.4 is 4.90 Å². The van der Waals surface area contributed by atoms with E-state index < -0.39 is 0 Å². The van der Waals surface area contributed by atoms with Crippen molar-refractivity contribution in [2.24, 2.45) is 5.92 Å². The van der Waals surface area contributed by atoms with Crippen molar-refractivity contribution in [1.82, 2.24) is 19.4 Å². The lowest BCUT2D eigenvalue weighted by Gasteiger charge is -2.37. The van der Waals surface area contributed by atoms with Gasteiger partial charge >= 0.3 is 0 Å². The van der Waals surface area contributed by atoms with E-state index in [2.05, 4.69) is 63.5 Å². The third-order valence-electron chi connectivity index (χ3n) is 4.73. The summed E-state index contributed by atoms with van der Waals surface area (Å²) < 4.78 is 2.34. The molecule has 0 unspecified atom stereocenters. The van der Waals surface area contributed by atoms with Gasteiger partial charge in [0.15, 0.2) is 0 Å². The molecule has 0 saturated heterocycles. The number of hydrogen-bond acceptors (Lipinski definition) is 4. The second kappa shape index (κ2) is 6.84. The fourth-order valence-corrected chi connectivity index (χ4v) is 3.43. The van der Waals surface area contributed by atoms with Crippen molar-refractivity contribution in [2.45, 2.75) is 33.5 Å². The first kappa shape index (κ1) is 16.1. The molecular weight excluding hydrogens is 310 g/mol. The molecule has 3 heterocycles. The molecule has 0 N–H and O–H groups in total. The molecular formula is C20H25N5. The van der Waals surface area contributed by atoms with E-state index in [1.54, 1.807) is 0 Å². The van der Waals surface area contributed by atoms with Gasteiger partial charge in [0.2, 0.25) is 5.95 Å². The third-order valence-corrected chi connectivity index (χ3v) is 4.73. The van der Waals surface area contributed by atoms with Gasteiger partial charge in [0.25, 0.3) is 0 Å². The predicted molar refractivity (Wildman–Crippen MR) is 101 cm³/mol. The van der Waals surface area contributed by atoms with Crippen LogP contribution in [-0.2, 0) is 13.2 Å². The molecule has 5 nitrogen and oxygen atoms in total. The van der Waals surface area contributed by atoms with E-state index in [0.29, 0.717) is 5.92 Å². The number of hydrogen-bond donors (Lipinski definition) is 0. The number of aromatic nitrogens is 3. The Labute approximate surface area is 148 Å². The van der Waals surface area contributed by atoms with Gasteiger partial charge in [0, 0.05) is 25.5 Å². The van der Waals surface area contributed by atoms with Crippen LogP contribution in [0.4, 0.5) is 5.95 Å². The zero-order valence-corrected chi connectivity index (χ0v) is 15.0. The van der Waals surface area contributed by atoms with Gasteiger partial charge in [0.05, 0.1) is 24.4 Å². The van der Waals surface area contributed by atoms with E-state index in [9.17, 15) is 0 Å². The minimum Gasteiger partial charge on any atom is -0.329 e. The minimum atomic E-state index is 0.687. The molecule has 0 radical (unpaired) electrons. The Morgan fingerprint density at radius 3 is 2.76 bits per heavy atom. The fraction of sp³-hybridized carbons (Fsp3) is 0.400. The summed E-state index contributed by atoms with van der Waals surface area (Å²) in [6.45, 7) is 8.26. The molecule has 0 amide bonds. The largest absolute Gasteiger partial charge is 0.329 e. The summed E-state index contributed by atoms with van der Waals surface area (Å²) >= 11 is 0. The Morgan fingerprint density at radius 2 is 1.96 bits per heavy atom. The Hall–Kier alpha value is -2.40. The highest BCUT2D eigenvalue weighted by Crippen LogP contribution is 2.28. The van der Waals surface area contributed by atoms with Crippen LogP contribution in [0.5, 0.6) is 0 Å². The maximum absolute atomic E-state index is 4.90. The van der Waals surface area contributed by atoms with Gasteiger partial charge in [-0.3, -0.25) is 14.5 Å². The average Bonchev–Trinajstić information content (AvgIpc) is 2.99. The smallest absolute Gasteiger partial charge is 0.208 e. The summed E-state index contributed by atoms with van der Waals surface area (Å²) in [5.41, 5.74) is 3.54. The topological polar surface area (TPSA) is 37.2 Å². The molecule has 3 aromatic rings. The summed E-state index contributed by atoms with van der Waals surface area (Å²) in [6.07, 6.45) is 4.96. The van der Waals surface area contributed by atoms with E-state index >= 15 is 0 Å². The van der Waals surface area contributed by atoms with E-state index in [1.165, 1.54) is 17.5 Å². The molecule has 5 heteroatoms. The molecule has 25 heavy (non-hydrogen) atoms. The minimum absolute atomic E-state index is 0.687. The van der Waals surface area contributed by atoms with Crippen molar-refractivity contribution in [3.63, 3.8) is 0 Å². The molecule has 0 aliphatic carbocycles. The average molecular weight is 335 g/mol. The van der Waals surface area contributed by atoms with Crippen LogP contribution in [0.15, 0.2) is 48.8 Å². The second-order valence-corrected chi connectivity index (χ2v) is 7.25. The molecule has 0 atom stereocenters. The molecule has 0 bridgehead atoms. The van der Waals surface area contributed by atoms with Crippen LogP contribution in [0.1, 0.15) is 25.8 Å². The molecule has 1 aliphatic heterocycles. The fourth-order valence-electron chi connectivity index (χ4n) is 3.43. The normalized spacial score (nSPS) is 15.1. The Balaban J connectivity index is 1.65. The first-order valence-corrected chi connectivity index (χ1v) is 9.02. The van der Waals surface area contributed by atoms with Gasteiger partial charge < -0.3 is 4.90 Å². The van der Waals surface area contributed by atoms with Crippen LogP contribution in [-0.4, -0.2) is 32.6 Å². The summed E-state index contributed by atoms with van der Waals surface area (Å²) in [6, 6.07) is 12.6. The molecule has 4 rings (SSSR count). The maximum atomic E-state index is 4.90. The standard InChI is InChI=1S/C20H25N5/c1-16(2)9-11-24-14-23(13-17-6-5-10-21-12-17)15-25-19-8-4-3-7-18(19)22-20(24)25/h3-8,10,12,16H,9,11,13-15H2,1-2H3. The highest BCUT2D eigenvalue weighted by atomic mass is 15.5. The number of anilines is 1. The SMILES string of the molecule is CC(C)CCN1CN(Cc2cccnc2)Cn2c1nc1ccccc12. The summed E-state index contributed by atoms with van der Waals surface area (Å²) in [7, 11) is 0. The van der Waals surface area contributed by atoms with Crippen molar-refractivity contribution in [1.29, 1.82) is 0 Å². The van der Waals surface area contributed by atoms with Crippen LogP contribution >= 0.6 is 0 Å². The molecule has 1 aromatic carbocycles. The Morgan fingerprint density at radius 1 is 1.08 bits per heavy atom. The van der Waals surface area contributed by atoms with Crippen LogP contribution in [0.2, 0.25) is 0 Å². The first-order valence-electron chi connectivity index (χ1n) is 9.02. The molecule has 0 fully saturated rings. The molecule has 0 spiro atoms. The molecule has 130 valence electrons. The lowest BCUT2D eigenvalue weighted by Crippen LogP contribution is -2.45. The lowest BCUT2D eigenvalue weighted by atomic mass is 10.1. The zero-order chi connectivity index (χ0) is 17.2. The summed E-state index contributed by atoms with van der Waals surface area (Å²) in [5.74, 6) is 1.79. The van der Waals surface area contributed by atoms with Crippen molar-refractivity contribution in [3.05, 3.63) is 54.4 Å². The number of fused-ring (bicyclic) bond motifs is 3. The summed E-state index contributed by atoms with van der Waals surface area (Å²) in [5, 5.41) is 0. The van der Waals surface area contributed by atoms with E-state index in [-0.39, 0.29) is 0 Å². The van der Waals surface area contributed by atoms with Crippen LogP contribution in [0.3, 0.4) is 0 Å². The second-order valence-electron chi connectivity index (χ2n) is 7.25. The number of imidazole rings is 1. The number of rotatable bonds is 5. The summed E-state index contributed by atoms with van der Waals surface area (Å²) in [4.78, 5) is 14.0. The van der Waals surface area contributed by atoms with Crippen molar-refractivity contribution < 1.29 is 0 Å². The number of benzene rings is 1. The highest BCUT2D eigenvalue weighted by molar-refractivity contribution is 5.79. The van der Waals surface area contributed by atoms with Gasteiger partial charge in [-0.2, -0.15) is 0 Å². The van der Waals surface area contributed by atoms with E-state index in [4.69, 9.17) is 4.98 Å². The van der Waals surface area contributed by atoms with Crippen molar-refractivity contribution >= 4 is 17.0 Å². The van der Waals surface area contributed by atoms with Gasteiger partial charge in [0.1, 0.15) is 0 Å². The first-order chi connectivity index (χ1) is 12.2. The Bertz CT molecular complexity index is 840. The van der Waals surface area contributed by atoms with E-state index in [0.717, 1.165) is 37.9 Å². The number of pyridine rings is 1. The number of nitrogens with zero attached hydrogens (tertiary/aromatic N) is 5. The lowest BCUT2D eigenvalue weighted by molar-refractivity contribution is 0.189. The maximum Gasteiger partial charge on any atom is 0.208 e. The van der Waals surface area contributed by atoms with Gasteiger partial charge in [-0.25, -0.2) is 4.98 Å². The van der Waals surface area contributed by atoms with Gasteiger partial charge in [-0.1, -0.05) is 32.0 Å². The van der Waals surface area contributed by atoms with E-state index in [1.807, 2.05) is 18.5 Å². The number of para-hydroxylation sites is 2. The Kier molecular flexibility index (Phi) is 4.40. The van der Waals surface area contributed by atoms with Crippen LogP contribution in [0.25, 0.3) is 11.0 Å². The van der Waals surface area contributed by atoms with Crippen molar-refractivity contribution in [2.75, 3.05) is 18.1 Å². The highest BCUT2D eigenvalue weighted by Gasteiger charge is 2.25. The quantitative estimate of drug-likeness (QED) is 0.712. The zero-order valence-electron chi connectivity index (χ0n) is 15.0. The van der Waals surface area contributed by atoms with Crippen molar-refractivity contribution in [3.8, 4) is 0 Å². The predicted octanol–water partition coefficient (Wildman–Crippen LogP) is 3.71. The monoisotopic (exact) mass is 335 g/mol. The molecule has 0 saturated carbocycles. The molecule has 1 aliphatic rings. The third kappa shape index (κ3) is 3.37.